The molecule has 0 aliphatic rings. The molecule has 0 saturated carbocycles. The molecule has 3 aromatic rings. The zero-order valence-corrected chi connectivity index (χ0v) is 15.1. The first-order valence-electron chi connectivity index (χ1n) is 6.78. The molecular weight excluding hydrogens is 396 g/mol. The van der Waals surface area contributed by atoms with E-state index >= 15 is 0 Å². The first-order chi connectivity index (χ1) is 11.2. The molecule has 0 radical (unpaired) electrons. The molecule has 116 valence electrons. The number of nitrogens with zero attached hydrogens (tertiary/aromatic N) is 4. The van der Waals surface area contributed by atoms with Gasteiger partial charge in [0, 0.05) is 15.2 Å². The first kappa shape index (κ1) is 16.2. The van der Waals surface area contributed by atoms with E-state index in [0.717, 1.165) is 25.8 Å². The molecule has 4 nitrogen and oxygen atoms in total. The summed E-state index contributed by atoms with van der Waals surface area (Å²) in [6.45, 7) is 0. The van der Waals surface area contributed by atoms with Gasteiger partial charge in [-0.1, -0.05) is 69.6 Å². The lowest BCUT2D eigenvalue weighted by Crippen LogP contribution is -1.93. The summed E-state index contributed by atoms with van der Waals surface area (Å²) >= 11 is 11.1. The quantitative estimate of drug-likeness (QED) is 0.448. The maximum Gasteiger partial charge on any atom is 0.212 e. The third-order valence-corrected chi connectivity index (χ3v) is 4.90. The van der Waals surface area contributed by atoms with Crippen LogP contribution in [0.1, 0.15) is 11.1 Å². The molecule has 0 aliphatic heterocycles. The molecule has 7 heteroatoms. The molecule has 0 amide bonds. The molecule has 3 rings (SSSR count). The Labute approximate surface area is 151 Å². The van der Waals surface area contributed by atoms with E-state index in [9.17, 15) is 0 Å². The van der Waals surface area contributed by atoms with Gasteiger partial charge in [-0.15, -0.1) is 10.2 Å². The third kappa shape index (κ3) is 4.43. The highest BCUT2D eigenvalue weighted by Gasteiger charge is 2.06. The second-order valence-electron chi connectivity index (χ2n) is 4.63. The molecule has 0 spiro atoms. The van der Waals surface area contributed by atoms with Gasteiger partial charge in [-0.05, 0) is 29.3 Å². The van der Waals surface area contributed by atoms with Crippen LogP contribution < -0.4 is 0 Å². The molecule has 2 aromatic carbocycles. The van der Waals surface area contributed by atoms with Gasteiger partial charge >= 0.3 is 0 Å². The Bertz CT molecular complexity index is 817. The standard InChI is InChI=1S/C16H12BrClN4S/c17-14-7-5-12(6-8-14)9-20-22-11-19-21-16(22)23-10-13-3-1-2-4-15(13)18/h1-9,11H,10H2/b20-9-. The number of halogens is 2. The summed E-state index contributed by atoms with van der Waals surface area (Å²) in [5.41, 5.74) is 2.06. The van der Waals surface area contributed by atoms with Gasteiger partial charge in [0.1, 0.15) is 6.33 Å². The fourth-order valence-corrected chi connectivity index (χ4v) is 3.24. The van der Waals surface area contributed by atoms with E-state index in [1.165, 1.54) is 0 Å². The highest BCUT2D eigenvalue weighted by Crippen LogP contribution is 2.25. The van der Waals surface area contributed by atoms with Crippen molar-refractivity contribution >= 4 is 45.5 Å². The van der Waals surface area contributed by atoms with Crippen LogP contribution >= 0.6 is 39.3 Å². The topological polar surface area (TPSA) is 43.1 Å². The SMILES string of the molecule is Clc1ccccc1CSc1nncn1/N=C\c1ccc(Br)cc1. The second kappa shape index (κ2) is 7.77. The Balaban J connectivity index is 1.70. The van der Waals surface area contributed by atoms with Gasteiger partial charge in [-0.25, -0.2) is 0 Å². The average Bonchev–Trinajstić information content (AvgIpc) is 3.01. The maximum absolute atomic E-state index is 6.17. The Kier molecular flexibility index (Phi) is 5.48. The van der Waals surface area contributed by atoms with Crippen molar-refractivity contribution in [3.63, 3.8) is 0 Å². The van der Waals surface area contributed by atoms with E-state index in [1.807, 2.05) is 48.5 Å². The smallest absolute Gasteiger partial charge is 0.195 e. The van der Waals surface area contributed by atoms with Crippen LogP contribution in [-0.4, -0.2) is 21.1 Å². The van der Waals surface area contributed by atoms with E-state index in [0.29, 0.717) is 5.75 Å². The molecular formula is C16H12BrClN4S. The normalized spacial score (nSPS) is 11.2. The Hall–Kier alpha value is -1.63. The molecule has 0 fully saturated rings. The van der Waals surface area contributed by atoms with Crippen LogP contribution in [0.4, 0.5) is 0 Å². The summed E-state index contributed by atoms with van der Waals surface area (Å²) in [6.07, 6.45) is 3.36. The minimum Gasteiger partial charge on any atom is -0.195 e. The molecule has 1 heterocycles. The van der Waals surface area contributed by atoms with Crippen molar-refractivity contribution in [3.05, 3.63) is 75.5 Å². The van der Waals surface area contributed by atoms with E-state index in [4.69, 9.17) is 11.6 Å². The largest absolute Gasteiger partial charge is 0.212 e. The summed E-state index contributed by atoms with van der Waals surface area (Å²) in [7, 11) is 0. The Morgan fingerprint density at radius 3 is 2.74 bits per heavy atom. The van der Waals surface area contributed by atoms with Gasteiger partial charge in [0.2, 0.25) is 5.16 Å². The van der Waals surface area contributed by atoms with Gasteiger partial charge in [0.15, 0.2) is 0 Å². The van der Waals surface area contributed by atoms with Crippen molar-refractivity contribution in [1.82, 2.24) is 14.9 Å². The van der Waals surface area contributed by atoms with Crippen LogP contribution in [0.15, 0.2) is 69.6 Å². The molecule has 0 bridgehead atoms. The fourth-order valence-electron chi connectivity index (χ4n) is 1.83. The van der Waals surface area contributed by atoms with Gasteiger partial charge in [-0.2, -0.15) is 9.78 Å². The number of thioether (sulfide) groups is 1. The molecule has 0 atom stereocenters. The van der Waals surface area contributed by atoms with Crippen molar-refractivity contribution in [2.24, 2.45) is 5.10 Å². The second-order valence-corrected chi connectivity index (χ2v) is 6.90. The minimum absolute atomic E-state index is 0.714. The third-order valence-electron chi connectivity index (χ3n) is 3.02. The zero-order valence-electron chi connectivity index (χ0n) is 11.9. The molecule has 0 saturated heterocycles. The van der Waals surface area contributed by atoms with Crippen molar-refractivity contribution in [2.45, 2.75) is 10.9 Å². The van der Waals surface area contributed by atoms with Crippen molar-refractivity contribution in [3.8, 4) is 0 Å². The van der Waals surface area contributed by atoms with Crippen molar-refractivity contribution in [1.29, 1.82) is 0 Å². The van der Waals surface area contributed by atoms with Crippen LogP contribution in [0.25, 0.3) is 0 Å². The summed E-state index contributed by atoms with van der Waals surface area (Å²) < 4.78 is 2.69. The predicted octanol–water partition coefficient (Wildman–Crippen LogP) is 4.87. The van der Waals surface area contributed by atoms with E-state index in [-0.39, 0.29) is 0 Å². The average molecular weight is 408 g/mol. The van der Waals surface area contributed by atoms with Gasteiger partial charge in [0.05, 0.1) is 6.21 Å². The summed E-state index contributed by atoms with van der Waals surface area (Å²) in [4.78, 5) is 0. The molecule has 0 aliphatic carbocycles. The summed E-state index contributed by atoms with van der Waals surface area (Å²) in [5.74, 6) is 0.714. The maximum atomic E-state index is 6.17. The van der Waals surface area contributed by atoms with Gasteiger partial charge in [0.25, 0.3) is 0 Å². The van der Waals surface area contributed by atoms with E-state index < -0.39 is 0 Å². The minimum atomic E-state index is 0.714. The van der Waals surface area contributed by atoms with Crippen molar-refractivity contribution < 1.29 is 0 Å². The lowest BCUT2D eigenvalue weighted by molar-refractivity contribution is 0.767. The summed E-state index contributed by atoms with van der Waals surface area (Å²) in [5, 5.41) is 13.9. The molecule has 0 unspecified atom stereocenters. The Morgan fingerprint density at radius 1 is 1.17 bits per heavy atom. The fraction of sp³-hybridized carbons (Fsp3) is 0.0625. The van der Waals surface area contributed by atoms with Gasteiger partial charge in [-0.3, -0.25) is 0 Å². The van der Waals surface area contributed by atoms with Gasteiger partial charge < -0.3 is 0 Å². The summed E-state index contributed by atoms with van der Waals surface area (Å²) in [6, 6.07) is 15.7. The molecule has 23 heavy (non-hydrogen) atoms. The van der Waals surface area contributed by atoms with Crippen LogP contribution in [0, 0.1) is 0 Å². The lowest BCUT2D eigenvalue weighted by atomic mass is 10.2. The number of aromatic nitrogens is 3. The van der Waals surface area contributed by atoms with Crippen LogP contribution in [0.5, 0.6) is 0 Å². The monoisotopic (exact) mass is 406 g/mol. The number of hydrogen-bond donors (Lipinski definition) is 0. The molecule has 0 N–H and O–H groups in total. The Morgan fingerprint density at radius 2 is 1.96 bits per heavy atom. The lowest BCUT2D eigenvalue weighted by Gasteiger charge is -2.03. The highest BCUT2D eigenvalue weighted by molar-refractivity contribution is 9.10. The predicted molar refractivity (Wildman–Crippen MR) is 98.2 cm³/mol. The van der Waals surface area contributed by atoms with E-state index in [1.54, 1.807) is 29.0 Å². The molecule has 1 aromatic heterocycles. The zero-order chi connectivity index (χ0) is 16.1. The highest BCUT2D eigenvalue weighted by atomic mass is 79.9. The van der Waals surface area contributed by atoms with E-state index in [2.05, 4.69) is 31.2 Å². The first-order valence-corrected chi connectivity index (χ1v) is 8.94. The number of rotatable bonds is 5. The number of benzene rings is 2. The number of hydrogen-bond acceptors (Lipinski definition) is 4. The van der Waals surface area contributed by atoms with Crippen LogP contribution in [0.2, 0.25) is 5.02 Å². The van der Waals surface area contributed by atoms with Crippen LogP contribution in [-0.2, 0) is 5.75 Å². The van der Waals surface area contributed by atoms with Crippen molar-refractivity contribution in [2.75, 3.05) is 0 Å². The van der Waals surface area contributed by atoms with Crippen LogP contribution in [0.3, 0.4) is 0 Å².